The van der Waals surface area contributed by atoms with Crippen molar-refractivity contribution in [3.8, 4) is 0 Å². The monoisotopic (exact) mass is 266 g/mol. The molecule has 1 aliphatic rings. The lowest BCUT2D eigenvalue weighted by Gasteiger charge is -2.38. The molecule has 0 aliphatic carbocycles. The van der Waals surface area contributed by atoms with Crippen LogP contribution in [0.15, 0.2) is 65.9 Å². The Bertz CT molecular complexity index is 508. The highest BCUT2D eigenvalue weighted by molar-refractivity contribution is 5.23. The third kappa shape index (κ3) is 2.44. The highest BCUT2D eigenvalue weighted by Gasteiger charge is 2.32. The molecular formula is C17H18N2O. The molecule has 2 aromatic rings. The predicted molar refractivity (Wildman–Crippen MR) is 79.9 cm³/mol. The summed E-state index contributed by atoms with van der Waals surface area (Å²) in [6.07, 6.45) is 3.09. The van der Waals surface area contributed by atoms with Crippen LogP contribution in [-0.4, -0.2) is 5.01 Å². The van der Waals surface area contributed by atoms with E-state index in [1.807, 2.05) is 36.4 Å². The van der Waals surface area contributed by atoms with E-state index in [9.17, 15) is 4.91 Å². The van der Waals surface area contributed by atoms with Gasteiger partial charge in [-0.25, -0.2) is 5.01 Å². The molecule has 1 saturated heterocycles. The Balaban J connectivity index is 1.92. The Kier molecular flexibility index (Phi) is 3.77. The van der Waals surface area contributed by atoms with E-state index < -0.39 is 0 Å². The van der Waals surface area contributed by atoms with Gasteiger partial charge in [0.25, 0.3) is 0 Å². The third-order valence-electron chi connectivity index (χ3n) is 4.06. The summed E-state index contributed by atoms with van der Waals surface area (Å²) in [5.74, 6) is 0. The minimum absolute atomic E-state index is 0.0904. The Labute approximate surface area is 119 Å². The van der Waals surface area contributed by atoms with Crippen molar-refractivity contribution in [2.45, 2.75) is 31.3 Å². The fourth-order valence-electron chi connectivity index (χ4n) is 3.09. The summed E-state index contributed by atoms with van der Waals surface area (Å²) in [4.78, 5) is 11.4. The van der Waals surface area contributed by atoms with E-state index >= 15 is 0 Å². The molecule has 102 valence electrons. The van der Waals surface area contributed by atoms with Crippen molar-refractivity contribution >= 4 is 0 Å². The van der Waals surface area contributed by atoms with E-state index in [1.54, 1.807) is 5.01 Å². The van der Waals surface area contributed by atoms with Crippen LogP contribution in [0.2, 0.25) is 0 Å². The highest BCUT2D eigenvalue weighted by Crippen LogP contribution is 2.41. The molecule has 0 N–H and O–H groups in total. The number of nitroso groups, excluding NO2 is 1. The van der Waals surface area contributed by atoms with Gasteiger partial charge in [0.2, 0.25) is 0 Å². The van der Waals surface area contributed by atoms with Crippen LogP contribution in [0.25, 0.3) is 0 Å². The summed E-state index contributed by atoms with van der Waals surface area (Å²) < 4.78 is 0. The molecule has 20 heavy (non-hydrogen) atoms. The zero-order chi connectivity index (χ0) is 13.8. The van der Waals surface area contributed by atoms with E-state index in [0.29, 0.717) is 0 Å². The summed E-state index contributed by atoms with van der Waals surface area (Å²) in [7, 11) is 0. The third-order valence-corrected chi connectivity index (χ3v) is 4.06. The molecule has 0 bridgehead atoms. The molecule has 0 radical (unpaired) electrons. The number of piperidine rings is 1. The Hall–Kier alpha value is -2.16. The van der Waals surface area contributed by atoms with Gasteiger partial charge in [-0.3, -0.25) is 0 Å². The minimum Gasteiger partial charge on any atom is -0.246 e. The molecule has 1 aliphatic heterocycles. The van der Waals surface area contributed by atoms with Crippen LogP contribution >= 0.6 is 0 Å². The van der Waals surface area contributed by atoms with Crippen LogP contribution in [0, 0.1) is 4.91 Å². The first-order valence-corrected chi connectivity index (χ1v) is 7.11. The molecule has 3 nitrogen and oxygen atoms in total. The number of nitrogens with zero attached hydrogens (tertiary/aromatic N) is 2. The number of rotatable bonds is 3. The van der Waals surface area contributed by atoms with Gasteiger partial charge in [-0.15, -0.1) is 4.91 Å². The second kappa shape index (κ2) is 5.87. The molecule has 2 atom stereocenters. The summed E-state index contributed by atoms with van der Waals surface area (Å²) in [6.45, 7) is 0. The fraction of sp³-hybridized carbons (Fsp3) is 0.294. The van der Waals surface area contributed by atoms with Crippen molar-refractivity contribution < 1.29 is 0 Å². The largest absolute Gasteiger partial charge is 0.246 e. The summed E-state index contributed by atoms with van der Waals surface area (Å²) in [6, 6.07) is 20.6. The van der Waals surface area contributed by atoms with Gasteiger partial charge in [0, 0.05) is 0 Å². The Morgan fingerprint density at radius 3 is 1.65 bits per heavy atom. The Morgan fingerprint density at radius 2 is 1.25 bits per heavy atom. The van der Waals surface area contributed by atoms with E-state index in [0.717, 1.165) is 19.3 Å². The molecule has 1 fully saturated rings. The molecule has 0 aromatic heterocycles. The van der Waals surface area contributed by atoms with Crippen LogP contribution in [-0.2, 0) is 0 Å². The van der Waals surface area contributed by atoms with Crippen molar-refractivity contribution in [2.75, 3.05) is 0 Å². The summed E-state index contributed by atoms with van der Waals surface area (Å²) >= 11 is 0. The lowest BCUT2D eigenvalue weighted by atomic mass is 9.89. The van der Waals surface area contributed by atoms with Crippen molar-refractivity contribution in [1.29, 1.82) is 0 Å². The molecular weight excluding hydrogens is 248 g/mol. The van der Waals surface area contributed by atoms with Crippen molar-refractivity contribution in [2.24, 2.45) is 5.29 Å². The standard InChI is InChI=1S/C17H18N2O/c20-18-19-16(14-8-3-1-4-9-14)12-7-13-17(19)15-10-5-2-6-11-15/h1-6,8-11,16-17H,7,12-13H2/t16-,17+. The van der Waals surface area contributed by atoms with Gasteiger partial charge in [0.15, 0.2) is 0 Å². The van der Waals surface area contributed by atoms with Gasteiger partial charge in [0.05, 0.1) is 17.4 Å². The van der Waals surface area contributed by atoms with E-state index in [4.69, 9.17) is 0 Å². The maximum atomic E-state index is 11.4. The van der Waals surface area contributed by atoms with Gasteiger partial charge in [-0.1, -0.05) is 60.7 Å². The normalized spacial score (nSPS) is 22.5. The number of hydrogen-bond donors (Lipinski definition) is 0. The van der Waals surface area contributed by atoms with Crippen molar-refractivity contribution in [1.82, 2.24) is 5.01 Å². The second-order valence-corrected chi connectivity index (χ2v) is 5.25. The van der Waals surface area contributed by atoms with Crippen molar-refractivity contribution in [3.63, 3.8) is 0 Å². The van der Waals surface area contributed by atoms with Gasteiger partial charge in [-0.05, 0) is 30.4 Å². The van der Waals surface area contributed by atoms with Crippen LogP contribution in [0.3, 0.4) is 0 Å². The van der Waals surface area contributed by atoms with Gasteiger partial charge >= 0.3 is 0 Å². The summed E-state index contributed by atoms with van der Waals surface area (Å²) in [5, 5.41) is 5.09. The SMILES string of the molecule is O=NN1[C@@H](c2ccccc2)CCC[C@H]1c1ccccc1. The highest BCUT2D eigenvalue weighted by atomic mass is 16.3. The first kappa shape index (κ1) is 12.9. The van der Waals surface area contributed by atoms with Crippen LogP contribution in [0.1, 0.15) is 42.5 Å². The zero-order valence-electron chi connectivity index (χ0n) is 11.4. The van der Waals surface area contributed by atoms with E-state index in [1.165, 1.54) is 11.1 Å². The smallest absolute Gasteiger partial charge is 0.0759 e. The lowest BCUT2D eigenvalue weighted by molar-refractivity contribution is 0.0836. The molecule has 2 aromatic carbocycles. The molecule has 0 saturated carbocycles. The predicted octanol–water partition coefficient (Wildman–Crippen LogP) is 4.64. The Morgan fingerprint density at radius 1 is 0.800 bits per heavy atom. The van der Waals surface area contributed by atoms with Gasteiger partial charge < -0.3 is 0 Å². The van der Waals surface area contributed by atoms with E-state index in [2.05, 4.69) is 29.6 Å². The first-order valence-electron chi connectivity index (χ1n) is 7.11. The fourth-order valence-corrected chi connectivity index (χ4v) is 3.09. The average Bonchev–Trinajstić information content (AvgIpc) is 2.55. The average molecular weight is 266 g/mol. The molecule has 0 spiro atoms. The topological polar surface area (TPSA) is 32.7 Å². The minimum atomic E-state index is 0.0904. The second-order valence-electron chi connectivity index (χ2n) is 5.25. The van der Waals surface area contributed by atoms with Crippen molar-refractivity contribution in [3.05, 3.63) is 76.7 Å². The molecule has 1 heterocycles. The lowest BCUT2D eigenvalue weighted by Crippen LogP contribution is -2.32. The quantitative estimate of drug-likeness (QED) is 0.758. The van der Waals surface area contributed by atoms with Crippen LogP contribution in [0.5, 0.6) is 0 Å². The van der Waals surface area contributed by atoms with Crippen LogP contribution in [0.4, 0.5) is 0 Å². The molecule has 3 heteroatoms. The zero-order valence-corrected chi connectivity index (χ0v) is 11.4. The number of benzene rings is 2. The number of hydrogen-bond acceptors (Lipinski definition) is 2. The van der Waals surface area contributed by atoms with Gasteiger partial charge in [-0.2, -0.15) is 0 Å². The van der Waals surface area contributed by atoms with E-state index in [-0.39, 0.29) is 12.1 Å². The molecule has 0 amide bonds. The maximum Gasteiger partial charge on any atom is 0.0759 e. The molecule has 0 unspecified atom stereocenters. The molecule has 3 rings (SSSR count). The van der Waals surface area contributed by atoms with Crippen LogP contribution < -0.4 is 0 Å². The first-order chi connectivity index (χ1) is 9.90. The van der Waals surface area contributed by atoms with Gasteiger partial charge in [0.1, 0.15) is 0 Å². The maximum absolute atomic E-state index is 11.4. The summed E-state index contributed by atoms with van der Waals surface area (Å²) in [5.41, 5.74) is 2.35.